The van der Waals surface area contributed by atoms with E-state index in [1.165, 1.54) is 16.7 Å². The molecule has 0 atom stereocenters. The maximum Gasteiger partial charge on any atom is 0.0388 e. The highest BCUT2D eigenvalue weighted by Gasteiger charge is 2.01. The van der Waals surface area contributed by atoms with Gasteiger partial charge < -0.3 is 0 Å². The highest BCUT2D eigenvalue weighted by molar-refractivity contribution is 6.00. The molecule has 0 saturated carbocycles. The van der Waals surface area contributed by atoms with E-state index in [0.717, 1.165) is 5.71 Å². The van der Waals surface area contributed by atoms with Gasteiger partial charge in [0.1, 0.15) is 0 Å². The first kappa shape index (κ1) is 8.98. The van der Waals surface area contributed by atoms with Crippen molar-refractivity contribution < 1.29 is 0 Å². The molecular weight excluding hydrogens is 146 g/mol. The van der Waals surface area contributed by atoms with Crippen LogP contribution < -0.4 is 0 Å². The lowest BCUT2D eigenvalue weighted by Crippen LogP contribution is -1.98. The molecule has 0 aliphatic carbocycles. The van der Waals surface area contributed by atoms with E-state index in [9.17, 15) is 0 Å². The number of aliphatic imine (C=N–C) groups is 1. The zero-order valence-electron chi connectivity index (χ0n) is 8.18. The van der Waals surface area contributed by atoms with Gasteiger partial charge in [0.05, 0.1) is 0 Å². The molecule has 0 amide bonds. The van der Waals surface area contributed by atoms with E-state index in [2.05, 4.69) is 37.0 Å². The maximum atomic E-state index is 4.18. The molecule has 0 bridgehead atoms. The summed E-state index contributed by atoms with van der Waals surface area (Å²) in [4.78, 5) is 4.18. The summed E-state index contributed by atoms with van der Waals surface area (Å²) in [5, 5.41) is 0. The predicted octanol–water partition coefficient (Wildman–Crippen LogP) is 2.74. The van der Waals surface area contributed by atoms with Gasteiger partial charge in [0, 0.05) is 12.8 Å². The number of hydrogen-bond donors (Lipinski definition) is 0. The first-order valence-electron chi connectivity index (χ1n) is 4.16. The third-order valence-electron chi connectivity index (χ3n) is 2.33. The Kier molecular flexibility index (Phi) is 2.64. The molecule has 0 aliphatic heterocycles. The molecule has 1 aromatic rings. The minimum atomic E-state index is 1.11. The second-order valence-corrected chi connectivity index (χ2v) is 3.06. The Morgan fingerprint density at radius 2 is 1.92 bits per heavy atom. The number of hydrogen-bond acceptors (Lipinski definition) is 1. The molecule has 0 fully saturated rings. The van der Waals surface area contributed by atoms with Crippen LogP contribution >= 0.6 is 0 Å². The summed E-state index contributed by atoms with van der Waals surface area (Å²) >= 11 is 0. The van der Waals surface area contributed by atoms with E-state index in [4.69, 9.17) is 0 Å². The second kappa shape index (κ2) is 3.53. The molecule has 64 valence electrons. The van der Waals surface area contributed by atoms with Crippen LogP contribution in [0.25, 0.3) is 0 Å². The molecule has 12 heavy (non-hydrogen) atoms. The van der Waals surface area contributed by atoms with Gasteiger partial charge in [-0.1, -0.05) is 18.2 Å². The Labute approximate surface area is 74.2 Å². The topological polar surface area (TPSA) is 12.4 Å². The molecule has 1 nitrogen and oxygen atoms in total. The summed E-state index contributed by atoms with van der Waals surface area (Å²) in [5.74, 6) is 0. The first-order chi connectivity index (χ1) is 5.66. The maximum absolute atomic E-state index is 4.18. The molecule has 0 radical (unpaired) electrons. The smallest absolute Gasteiger partial charge is 0.0388 e. The van der Waals surface area contributed by atoms with Gasteiger partial charge in [0.15, 0.2) is 0 Å². The van der Waals surface area contributed by atoms with Crippen LogP contribution in [0.3, 0.4) is 0 Å². The van der Waals surface area contributed by atoms with Crippen LogP contribution in [0.1, 0.15) is 23.6 Å². The Morgan fingerprint density at radius 3 is 2.50 bits per heavy atom. The molecule has 0 N–H and O–H groups in total. The summed E-state index contributed by atoms with van der Waals surface area (Å²) in [7, 11) is 1.83. The minimum absolute atomic E-state index is 1.11. The van der Waals surface area contributed by atoms with Crippen molar-refractivity contribution in [2.45, 2.75) is 20.8 Å². The Morgan fingerprint density at radius 1 is 1.25 bits per heavy atom. The SMILES string of the molecule is C/N=C(\C)c1cccc(C)c1C. The zero-order chi connectivity index (χ0) is 9.14. The van der Waals surface area contributed by atoms with Crippen molar-refractivity contribution in [3.05, 3.63) is 34.9 Å². The average Bonchev–Trinajstić information content (AvgIpc) is 2.08. The van der Waals surface area contributed by atoms with Crippen LogP contribution in [-0.2, 0) is 0 Å². The molecule has 0 unspecified atom stereocenters. The summed E-state index contributed by atoms with van der Waals surface area (Å²) in [6.45, 7) is 6.31. The quantitative estimate of drug-likeness (QED) is 0.561. The van der Waals surface area contributed by atoms with Crippen molar-refractivity contribution in [1.29, 1.82) is 0 Å². The van der Waals surface area contributed by atoms with E-state index >= 15 is 0 Å². The lowest BCUT2D eigenvalue weighted by Gasteiger charge is -2.06. The van der Waals surface area contributed by atoms with Crippen molar-refractivity contribution in [2.75, 3.05) is 7.05 Å². The predicted molar refractivity (Wildman–Crippen MR) is 54.1 cm³/mol. The lowest BCUT2D eigenvalue weighted by molar-refractivity contribution is 1.30. The van der Waals surface area contributed by atoms with E-state index in [0.29, 0.717) is 0 Å². The van der Waals surface area contributed by atoms with Crippen molar-refractivity contribution in [3.63, 3.8) is 0 Å². The summed E-state index contributed by atoms with van der Waals surface area (Å²) in [6.07, 6.45) is 0. The minimum Gasteiger partial charge on any atom is -0.293 e. The van der Waals surface area contributed by atoms with Crippen LogP contribution in [0.2, 0.25) is 0 Å². The van der Waals surface area contributed by atoms with Crippen LogP contribution in [0, 0.1) is 13.8 Å². The van der Waals surface area contributed by atoms with Gasteiger partial charge in [-0.05, 0) is 37.5 Å². The van der Waals surface area contributed by atoms with E-state index in [1.54, 1.807) is 0 Å². The van der Waals surface area contributed by atoms with Gasteiger partial charge >= 0.3 is 0 Å². The molecule has 0 spiro atoms. The van der Waals surface area contributed by atoms with Crippen molar-refractivity contribution in [3.8, 4) is 0 Å². The molecule has 1 heteroatoms. The highest BCUT2D eigenvalue weighted by Crippen LogP contribution is 2.13. The van der Waals surface area contributed by atoms with Gasteiger partial charge in [0.25, 0.3) is 0 Å². The van der Waals surface area contributed by atoms with E-state index in [-0.39, 0.29) is 0 Å². The number of rotatable bonds is 1. The Hall–Kier alpha value is -1.11. The monoisotopic (exact) mass is 161 g/mol. The second-order valence-electron chi connectivity index (χ2n) is 3.06. The van der Waals surface area contributed by atoms with Gasteiger partial charge in [0.2, 0.25) is 0 Å². The van der Waals surface area contributed by atoms with Crippen LogP contribution in [0.4, 0.5) is 0 Å². The Balaban J connectivity index is 3.26. The van der Waals surface area contributed by atoms with E-state index < -0.39 is 0 Å². The fourth-order valence-electron chi connectivity index (χ4n) is 1.26. The van der Waals surface area contributed by atoms with Crippen molar-refractivity contribution >= 4 is 5.71 Å². The number of benzene rings is 1. The highest BCUT2D eigenvalue weighted by atomic mass is 14.7. The number of aryl methyl sites for hydroxylation is 1. The average molecular weight is 161 g/mol. The molecule has 0 saturated heterocycles. The van der Waals surface area contributed by atoms with E-state index in [1.807, 2.05) is 14.0 Å². The summed E-state index contributed by atoms with van der Waals surface area (Å²) < 4.78 is 0. The van der Waals surface area contributed by atoms with Gasteiger partial charge in [-0.3, -0.25) is 4.99 Å². The molecule has 1 aromatic carbocycles. The first-order valence-corrected chi connectivity index (χ1v) is 4.16. The third-order valence-corrected chi connectivity index (χ3v) is 2.33. The van der Waals surface area contributed by atoms with Crippen LogP contribution in [0.15, 0.2) is 23.2 Å². The van der Waals surface area contributed by atoms with Crippen molar-refractivity contribution in [1.82, 2.24) is 0 Å². The molecule has 0 heterocycles. The van der Waals surface area contributed by atoms with Crippen LogP contribution in [0.5, 0.6) is 0 Å². The summed E-state index contributed by atoms with van der Waals surface area (Å²) in [5.41, 5.74) is 5.03. The van der Waals surface area contributed by atoms with Crippen molar-refractivity contribution in [2.24, 2.45) is 4.99 Å². The summed E-state index contributed by atoms with van der Waals surface area (Å²) in [6, 6.07) is 6.32. The molecule has 1 rings (SSSR count). The lowest BCUT2D eigenvalue weighted by atomic mass is 10.0. The normalized spacial score (nSPS) is 11.8. The fraction of sp³-hybridized carbons (Fsp3) is 0.364. The standard InChI is InChI=1S/C11H15N/c1-8-6-5-7-11(9(8)2)10(3)12-4/h5-7H,1-4H3/b12-10+. The third kappa shape index (κ3) is 1.55. The van der Waals surface area contributed by atoms with Gasteiger partial charge in [-0.25, -0.2) is 0 Å². The Bertz CT molecular complexity index is 311. The number of nitrogens with zero attached hydrogens (tertiary/aromatic N) is 1. The largest absolute Gasteiger partial charge is 0.293 e. The van der Waals surface area contributed by atoms with Gasteiger partial charge in [-0.15, -0.1) is 0 Å². The zero-order valence-corrected chi connectivity index (χ0v) is 8.18. The molecule has 0 aromatic heterocycles. The van der Waals surface area contributed by atoms with Gasteiger partial charge in [-0.2, -0.15) is 0 Å². The molecule has 0 aliphatic rings. The fourth-order valence-corrected chi connectivity index (χ4v) is 1.26. The molecular formula is C11H15N. The van der Waals surface area contributed by atoms with Crippen LogP contribution in [-0.4, -0.2) is 12.8 Å².